The molecule has 0 bridgehead atoms. The average Bonchev–Trinajstić information content (AvgIpc) is 2.81. The number of nitrogens with zero attached hydrogens (tertiary/aromatic N) is 1. The van der Waals surface area contributed by atoms with Crippen molar-refractivity contribution in [3.63, 3.8) is 0 Å². The quantitative estimate of drug-likeness (QED) is 0.459. The van der Waals surface area contributed by atoms with Gasteiger partial charge in [0.2, 0.25) is 0 Å². The summed E-state index contributed by atoms with van der Waals surface area (Å²) in [5.41, 5.74) is 0.999. The van der Waals surface area contributed by atoms with Crippen LogP contribution in [0.15, 0.2) is 30.0 Å². The molecule has 24 heavy (non-hydrogen) atoms. The molecule has 1 heterocycles. The van der Waals surface area contributed by atoms with Crippen LogP contribution >= 0.6 is 0 Å². The molecular formula is C16H20FN3O4. The van der Waals surface area contributed by atoms with Crippen LogP contribution in [0.5, 0.6) is 0 Å². The Kier molecular flexibility index (Phi) is 6.28. The molecule has 3 N–H and O–H groups in total. The summed E-state index contributed by atoms with van der Waals surface area (Å²) in [7, 11) is 1.61. The highest BCUT2D eigenvalue weighted by Gasteiger charge is 2.30. The molecule has 1 aliphatic heterocycles. The second-order valence-corrected chi connectivity index (χ2v) is 5.16. The molecule has 2 amide bonds. The number of hydrogen-bond acceptors (Lipinski definition) is 6. The molecule has 0 spiro atoms. The number of aliphatic hydroxyl groups is 1. The zero-order chi connectivity index (χ0) is 17.5. The molecule has 0 aliphatic carbocycles. The number of rotatable bonds is 9. The third-order valence-electron chi connectivity index (χ3n) is 3.42. The lowest BCUT2D eigenvalue weighted by Gasteiger charge is -2.16. The Bertz CT molecular complexity index is 648. The molecule has 7 nitrogen and oxygen atoms in total. The van der Waals surface area contributed by atoms with Crippen LogP contribution < -0.4 is 10.6 Å². The number of hydrogen-bond donors (Lipinski definition) is 3. The van der Waals surface area contributed by atoms with E-state index in [1.807, 2.05) is 0 Å². The first-order chi connectivity index (χ1) is 11.6. The van der Waals surface area contributed by atoms with Gasteiger partial charge in [-0.15, -0.1) is 0 Å². The Hall–Kier alpha value is -2.45. The minimum Gasteiger partial charge on any atom is -0.395 e. The van der Waals surface area contributed by atoms with Gasteiger partial charge in [0.15, 0.2) is 0 Å². The number of halogens is 1. The van der Waals surface area contributed by atoms with Crippen LogP contribution in [-0.2, 0) is 14.3 Å². The molecule has 130 valence electrons. The van der Waals surface area contributed by atoms with Crippen molar-refractivity contribution in [1.29, 1.82) is 0 Å². The van der Waals surface area contributed by atoms with Crippen LogP contribution in [0.2, 0.25) is 0 Å². The largest absolute Gasteiger partial charge is 0.395 e. The van der Waals surface area contributed by atoms with Gasteiger partial charge < -0.3 is 20.5 Å². The molecule has 0 saturated carbocycles. The van der Waals surface area contributed by atoms with Crippen LogP contribution in [0.3, 0.4) is 0 Å². The maximum Gasteiger partial charge on any atom is 0.277 e. The summed E-state index contributed by atoms with van der Waals surface area (Å²) >= 11 is 0. The van der Waals surface area contributed by atoms with Gasteiger partial charge in [-0.25, -0.2) is 4.39 Å². The molecule has 8 heteroatoms. The van der Waals surface area contributed by atoms with Gasteiger partial charge in [-0.3, -0.25) is 14.5 Å². The van der Waals surface area contributed by atoms with Crippen LogP contribution in [0.25, 0.3) is 0 Å². The highest BCUT2D eigenvalue weighted by atomic mass is 19.1. The van der Waals surface area contributed by atoms with Gasteiger partial charge in [0, 0.05) is 26.3 Å². The summed E-state index contributed by atoms with van der Waals surface area (Å²) in [5, 5.41) is 14.8. The molecule has 0 atom stereocenters. The summed E-state index contributed by atoms with van der Waals surface area (Å²) in [6, 6.07) is 4.10. The van der Waals surface area contributed by atoms with E-state index in [9.17, 15) is 14.0 Å². The minimum atomic E-state index is -0.552. The summed E-state index contributed by atoms with van der Waals surface area (Å²) < 4.78 is 18.5. The van der Waals surface area contributed by atoms with E-state index < -0.39 is 17.6 Å². The number of methoxy groups -OCH3 is 1. The Morgan fingerprint density at radius 1 is 1.29 bits per heavy atom. The Morgan fingerprint density at radius 3 is 2.79 bits per heavy atom. The van der Waals surface area contributed by atoms with E-state index in [1.54, 1.807) is 13.2 Å². The Labute approximate surface area is 139 Å². The van der Waals surface area contributed by atoms with Gasteiger partial charge in [-0.2, -0.15) is 0 Å². The predicted octanol–water partition coefficient (Wildman–Crippen LogP) is 0.931. The van der Waals surface area contributed by atoms with E-state index >= 15 is 0 Å². The van der Waals surface area contributed by atoms with E-state index in [4.69, 9.17) is 9.84 Å². The van der Waals surface area contributed by atoms with Crippen molar-refractivity contribution in [1.82, 2.24) is 4.90 Å². The van der Waals surface area contributed by atoms with Gasteiger partial charge in [0.1, 0.15) is 11.5 Å². The smallest absolute Gasteiger partial charge is 0.277 e. The van der Waals surface area contributed by atoms with Crippen molar-refractivity contribution < 1.29 is 23.8 Å². The van der Waals surface area contributed by atoms with E-state index in [2.05, 4.69) is 10.6 Å². The molecule has 1 aromatic carbocycles. The maximum absolute atomic E-state index is 13.5. The van der Waals surface area contributed by atoms with Crippen molar-refractivity contribution in [2.24, 2.45) is 0 Å². The first-order valence-corrected chi connectivity index (χ1v) is 7.54. The van der Waals surface area contributed by atoms with Crippen LogP contribution in [0.1, 0.15) is 6.42 Å². The third kappa shape index (κ3) is 4.30. The van der Waals surface area contributed by atoms with Gasteiger partial charge in [0.25, 0.3) is 11.8 Å². The second kappa shape index (κ2) is 8.42. The lowest BCUT2D eigenvalue weighted by molar-refractivity contribution is -0.137. The number of nitrogens with one attached hydrogen (secondary N) is 2. The van der Waals surface area contributed by atoms with Crippen LogP contribution in [0.4, 0.5) is 15.8 Å². The highest BCUT2D eigenvalue weighted by Crippen LogP contribution is 2.26. The molecule has 0 saturated heterocycles. The molecule has 1 aliphatic rings. The maximum atomic E-state index is 13.5. The van der Waals surface area contributed by atoms with Crippen molar-refractivity contribution >= 4 is 23.2 Å². The molecule has 2 rings (SSSR count). The van der Waals surface area contributed by atoms with E-state index in [1.165, 1.54) is 12.1 Å². The number of amides is 2. The molecule has 1 aromatic rings. The molecule has 0 aromatic heterocycles. The summed E-state index contributed by atoms with van der Waals surface area (Å²) in [6.07, 6.45) is 1.90. The SMILES string of the molecule is COCCCNc1ccc(F)cc1NC1=CC(=O)N(CCO)C1=O. The first-order valence-electron chi connectivity index (χ1n) is 7.54. The Balaban J connectivity index is 2.11. The van der Waals surface area contributed by atoms with Gasteiger partial charge in [-0.1, -0.05) is 0 Å². The third-order valence-corrected chi connectivity index (χ3v) is 3.42. The van der Waals surface area contributed by atoms with Gasteiger partial charge >= 0.3 is 0 Å². The van der Waals surface area contributed by atoms with Crippen molar-refractivity contribution in [2.75, 3.05) is 44.0 Å². The number of aliphatic hydroxyl groups excluding tert-OH is 1. The standard InChI is InChI=1S/C16H20FN3O4/c1-24-8-2-5-18-12-4-3-11(17)9-13(12)19-14-10-15(22)20(6-7-21)16(14)23/h3-4,9-10,18-19,21H,2,5-8H2,1H3. The average molecular weight is 337 g/mol. The fourth-order valence-electron chi connectivity index (χ4n) is 2.27. The topological polar surface area (TPSA) is 90.9 Å². The summed E-state index contributed by atoms with van der Waals surface area (Å²) in [4.78, 5) is 24.8. The van der Waals surface area contributed by atoms with Gasteiger partial charge in [-0.05, 0) is 24.6 Å². The number of imide groups is 1. The minimum absolute atomic E-state index is 0.0407. The number of benzene rings is 1. The zero-order valence-electron chi connectivity index (χ0n) is 13.3. The lowest BCUT2D eigenvalue weighted by atomic mass is 10.2. The normalized spacial score (nSPS) is 14.1. The fraction of sp³-hybridized carbons (Fsp3) is 0.375. The van der Waals surface area contributed by atoms with Crippen molar-refractivity contribution in [3.8, 4) is 0 Å². The van der Waals surface area contributed by atoms with Gasteiger partial charge in [0.05, 0.1) is 24.5 Å². The molecule has 0 unspecified atom stereocenters. The van der Waals surface area contributed by atoms with E-state index in [0.29, 0.717) is 24.5 Å². The summed E-state index contributed by atoms with van der Waals surface area (Å²) in [6.45, 7) is 0.803. The van der Waals surface area contributed by atoms with E-state index in [-0.39, 0.29) is 18.8 Å². The Morgan fingerprint density at radius 2 is 2.08 bits per heavy atom. The monoisotopic (exact) mass is 337 g/mol. The number of carbonyl (C=O) groups is 2. The number of anilines is 2. The second-order valence-electron chi connectivity index (χ2n) is 5.16. The number of β-amino-alcohol motifs (C(OH)–C–C–N with tert-alkyl or cyclic N) is 1. The van der Waals surface area contributed by atoms with E-state index in [0.717, 1.165) is 17.4 Å². The molecule has 0 fully saturated rings. The first kappa shape index (κ1) is 17.9. The molecular weight excluding hydrogens is 317 g/mol. The van der Waals surface area contributed by atoms with Crippen molar-refractivity contribution in [2.45, 2.75) is 6.42 Å². The lowest BCUT2D eigenvalue weighted by Crippen LogP contribution is -2.34. The number of carbonyl (C=O) groups excluding carboxylic acids is 2. The van der Waals surface area contributed by atoms with Crippen molar-refractivity contribution in [3.05, 3.63) is 35.8 Å². The predicted molar refractivity (Wildman–Crippen MR) is 86.9 cm³/mol. The molecule has 0 radical (unpaired) electrons. The number of ether oxygens (including phenoxy) is 1. The fourth-order valence-corrected chi connectivity index (χ4v) is 2.27. The van der Waals surface area contributed by atoms with Crippen LogP contribution in [-0.4, -0.2) is 55.2 Å². The zero-order valence-corrected chi connectivity index (χ0v) is 13.3. The highest BCUT2D eigenvalue weighted by molar-refractivity contribution is 6.17. The van der Waals surface area contributed by atoms with Crippen LogP contribution in [0, 0.1) is 5.82 Å². The summed E-state index contributed by atoms with van der Waals surface area (Å²) in [5.74, 6) is -1.53.